The fourth-order valence-corrected chi connectivity index (χ4v) is 2.04. The Bertz CT molecular complexity index is 72.6. The molecule has 54 valence electrons. The smallest absolute Gasteiger partial charge is 0.0264 e. The van der Waals surface area contributed by atoms with Gasteiger partial charge in [-0.05, 0) is 24.4 Å². The quantitative estimate of drug-likeness (QED) is 0.496. The summed E-state index contributed by atoms with van der Waals surface area (Å²) >= 11 is 0. The molecule has 0 radical (unpaired) electrons. The molecule has 1 heteroatoms. The lowest BCUT2D eigenvalue weighted by molar-refractivity contribution is 0.356. The fraction of sp³-hybridized carbons (Fsp3) is 1.00. The van der Waals surface area contributed by atoms with Crippen LogP contribution in [0.5, 0.6) is 0 Å². The summed E-state index contributed by atoms with van der Waals surface area (Å²) in [5.41, 5.74) is 0.852. The Morgan fingerprint density at radius 2 is 1.78 bits per heavy atom. The first kappa shape index (κ1) is 7.54. The van der Waals surface area contributed by atoms with E-state index in [0.717, 1.165) is 11.6 Å². The van der Waals surface area contributed by atoms with Gasteiger partial charge in [-0.25, -0.2) is 0 Å². The van der Waals surface area contributed by atoms with Crippen LogP contribution in [0.3, 0.4) is 0 Å². The summed E-state index contributed by atoms with van der Waals surface area (Å²) in [6.45, 7) is 2.32. The monoisotopic (exact) mass is 144 g/mol. The van der Waals surface area contributed by atoms with Crippen molar-refractivity contribution < 1.29 is 0 Å². The third kappa shape index (κ3) is 2.26. The van der Waals surface area contributed by atoms with E-state index >= 15 is 0 Å². The zero-order chi connectivity index (χ0) is 6.69. The highest BCUT2D eigenvalue weighted by atomic mass is 31.0. The van der Waals surface area contributed by atoms with Gasteiger partial charge in [-0.2, -0.15) is 0 Å². The molecule has 0 aromatic rings. The van der Waals surface area contributed by atoms with Gasteiger partial charge in [-0.15, -0.1) is 9.24 Å². The van der Waals surface area contributed by atoms with E-state index in [0.29, 0.717) is 0 Å². The summed E-state index contributed by atoms with van der Waals surface area (Å²) in [5, 5.41) is 0. The maximum absolute atomic E-state index is 2.93. The van der Waals surface area contributed by atoms with Crippen molar-refractivity contribution >= 4 is 9.24 Å². The van der Waals surface area contributed by atoms with E-state index in [4.69, 9.17) is 0 Å². The van der Waals surface area contributed by atoms with Crippen LogP contribution >= 0.6 is 9.24 Å². The van der Waals surface area contributed by atoms with Gasteiger partial charge in [0.05, 0.1) is 0 Å². The highest BCUT2D eigenvalue weighted by Gasteiger charge is 2.15. The van der Waals surface area contributed by atoms with Crippen LogP contribution in [0.25, 0.3) is 0 Å². The fourth-order valence-electron chi connectivity index (χ4n) is 1.66. The van der Waals surface area contributed by atoms with Gasteiger partial charge in [-0.3, -0.25) is 0 Å². The van der Waals surface area contributed by atoms with Gasteiger partial charge >= 0.3 is 0 Å². The lowest BCUT2D eigenvalue weighted by Gasteiger charge is -2.24. The van der Waals surface area contributed by atoms with Crippen molar-refractivity contribution in [3.63, 3.8) is 0 Å². The standard InChI is InChI=1S/C8H17P/c1-7(9)8-5-3-2-4-6-8/h7-8H,2-6,9H2,1H3. The van der Waals surface area contributed by atoms with Crippen LogP contribution in [-0.2, 0) is 0 Å². The van der Waals surface area contributed by atoms with E-state index in [2.05, 4.69) is 16.2 Å². The van der Waals surface area contributed by atoms with Crippen molar-refractivity contribution in [3.8, 4) is 0 Å². The molecule has 1 fully saturated rings. The van der Waals surface area contributed by atoms with Crippen LogP contribution < -0.4 is 0 Å². The highest BCUT2D eigenvalue weighted by molar-refractivity contribution is 7.17. The summed E-state index contributed by atoms with van der Waals surface area (Å²) in [6, 6.07) is 0. The molecule has 0 aromatic carbocycles. The van der Waals surface area contributed by atoms with E-state index < -0.39 is 0 Å². The Labute approximate surface area is 60.6 Å². The predicted octanol–water partition coefficient (Wildman–Crippen LogP) is 2.83. The van der Waals surface area contributed by atoms with E-state index in [9.17, 15) is 0 Å². The van der Waals surface area contributed by atoms with Crippen molar-refractivity contribution in [2.75, 3.05) is 0 Å². The molecule has 9 heavy (non-hydrogen) atoms. The maximum Gasteiger partial charge on any atom is -0.0264 e. The zero-order valence-corrected chi connectivity index (χ0v) is 7.42. The molecule has 0 nitrogen and oxygen atoms in total. The van der Waals surface area contributed by atoms with Gasteiger partial charge in [0, 0.05) is 0 Å². The molecule has 1 aliphatic carbocycles. The maximum atomic E-state index is 2.93. The Balaban J connectivity index is 2.23. The molecule has 2 atom stereocenters. The van der Waals surface area contributed by atoms with Crippen molar-refractivity contribution in [1.29, 1.82) is 0 Å². The van der Waals surface area contributed by atoms with Crippen molar-refractivity contribution in [2.45, 2.75) is 44.7 Å². The summed E-state index contributed by atoms with van der Waals surface area (Å²) in [6.07, 6.45) is 7.38. The molecule has 0 saturated heterocycles. The molecule has 0 amide bonds. The molecule has 0 heterocycles. The topological polar surface area (TPSA) is 0 Å². The van der Waals surface area contributed by atoms with Crippen LogP contribution in [0.4, 0.5) is 0 Å². The molecule has 0 bridgehead atoms. The number of hydrogen-bond donors (Lipinski definition) is 0. The van der Waals surface area contributed by atoms with Crippen molar-refractivity contribution in [1.82, 2.24) is 0 Å². The summed E-state index contributed by atoms with van der Waals surface area (Å²) < 4.78 is 0. The third-order valence-electron chi connectivity index (χ3n) is 2.39. The molecular weight excluding hydrogens is 127 g/mol. The zero-order valence-electron chi connectivity index (χ0n) is 6.27. The summed E-state index contributed by atoms with van der Waals surface area (Å²) in [4.78, 5) is 0. The van der Waals surface area contributed by atoms with Crippen molar-refractivity contribution in [3.05, 3.63) is 0 Å². The molecule has 1 aliphatic rings. The summed E-state index contributed by atoms with van der Waals surface area (Å²) in [5.74, 6) is 1.02. The van der Waals surface area contributed by atoms with Gasteiger partial charge < -0.3 is 0 Å². The Morgan fingerprint density at radius 3 is 2.11 bits per heavy atom. The Kier molecular flexibility index (Phi) is 2.98. The second kappa shape index (κ2) is 3.56. The molecule has 0 aliphatic heterocycles. The minimum absolute atomic E-state index is 0.852. The van der Waals surface area contributed by atoms with Crippen LogP contribution in [0.1, 0.15) is 39.0 Å². The second-order valence-corrected chi connectivity index (χ2v) is 4.31. The molecule has 1 rings (SSSR count). The minimum Gasteiger partial charge on any atom is -0.134 e. The van der Waals surface area contributed by atoms with E-state index in [1.165, 1.54) is 32.1 Å². The normalized spacial score (nSPS) is 26.0. The number of hydrogen-bond acceptors (Lipinski definition) is 0. The first-order valence-electron chi connectivity index (χ1n) is 4.06. The van der Waals surface area contributed by atoms with Crippen molar-refractivity contribution in [2.24, 2.45) is 5.92 Å². The van der Waals surface area contributed by atoms with Crippen LogP contribution in [0, 0.1) is 5.92 Å². The minimum atomic E-state index is 0.852. The van der Waals surface area contributed by atoms with Gasteiger partial charge in [0.25, 0.3) is 0 Å². The van der Waals surface area contributed by atoms with E-state index in [-0.39, 0.29) is 0 Å². The largest absolute Gasteiger partial charge is 0.134 e. The van der Waals surface area contributed by atoms with Gasteiger partial charge in [-0.1, -0.05) is 26.2 Å². The molecule has 0 spiro atoms. The van der Waals surface area contributed by atoms with Gasteiger partial charge in [0.1, 0.15) is 0 Å². The first-order chi connectivity index (χ1) is 4.30. The third-order valence-corrected chi connectivity index (χ3v) is 2.94. The lowest BCUT2D eigenvalue weighted by atomic mass is 9.87. The molecule has 2 unspecified atom stereocenters. The number of rotatable bonds is 1. The molecular formula is C8H17P. The Morgan fingerprint density at radius 1 is 1.22 bits per heavy atom. The molecule has 0 aromatic heterocycles. The average molecular weight is 144 g/mol. The molecule has 0 N–H and O–H groups in total. The molecule has 1 saturated carbocycles. The Hall–Kier alpha value is 0.430. The second-order valence-electron chi connectivity index (χ2n) is 3.26. The average Bonchev–Trinajstić information content (AvgIpc) is 1.90. The lowest BCUT2D eigenvalue weighted by Crippen LogP contribution is -2.14. The van der Waals surface area contributed by atoms with Crippen LogP contribution in [-0.4, -0.2) is 5.66 Å². The van der Waals surface area contributed by atoms with Crippen LogP contribution in [0.15, 0.2) is 0 Å². The van der Waals surface area contributed by atoms with E-state index in [1.807, 2.05) is 0 Å². The van der Waals surface area contributed by atoms with Crippen LogP contribution in [0.2, 0.25) is 0 Å². The SMILES string of the molecule is CC(P)C1CCCCC1. The van der Waals surface area contributed by atoms with E-state index in [1.54, 1.807) is 0 Å². The summed E-state index contributed by atoms with van der Waals surface area (Å²) in [7, 11) is 2.93. The van der Waals surface area contributed by atoms with Gasteiger partial charge in [0.2, 0.25) is 0 Å². The van der Waals surface area contributed by atoms with Gasteiger partial charge in [0.15, 0.2) is 0 Å². The highest BCUT2D eigenvalue weighted by Crippen LogP contribution is 2.29. The predicted molar refractivity (Wildman–Crippen MR) is 45.7 cm³/mol. The first-order valence-corrected chi connectivity index (χ1v) is 4.73.